The molecule has 1 N–H and O–H groups in total. The number of carboxylic acids is 1. The fraction of sp³-hybridized carbons (Fsp3) is 0.933. The molecule has 0 bridgehead atoms. The molecule has 0 spiro atoms. The number of rotatable bonds is 6. The first-order valence-electron chi connectivity index (χ1n) is 7.65. The van der Waals surface area contributed by atoms with Crippen molar-refractivity contribution in [3.05, 3.63) is 0 Å². The molecule has 2 fully saturated rings. The van der Waals surface area contributed by atoms with Crippen LogP contribution < -0.4 is 0 Å². The van der Waals surface area contributed by atoms with Crippen molar-refractivity contribution in [2.45, 2.75) is 57.8 Å². The van der Waals surface area contributed by atoms with Crippen LogP contribution in [0.5, 0.6) is 0 Å². The lowest BCUT2D eigenvalue weighted by atomic mass is 10.0. The summed E-state index contributed by atoms with van der Waals surface area (Å²) in [6.45, 7) is 8.93. The minimum atomic E-state index is -0.749. The van der Waals surface area contributed by atoms with Gasteiger partial charge < -0.3 is 14.6 Å². The van der Waals surface area contributed by atoms with E-state index in [2.05, 4.69) is 25.7 Å². The summed E-state index contributed by atoms with van der Waals surface area (Å²) in [6.07, 6.45) is 3.35. The molecule has 116 valence electrons. The topological polar surface area (TPSA) is 59.0 Å². The fourth-order valence-electron chi connectivity index (χ4n) is 3.29. The van der Waals surface area contributed by atoms with E-state index in [0.29, 0.717) is 13.2 Å². The monoisotopic (exact) mass is 285 g/mol. The van der Waals surface area contributed by atoms with Gasteiger partial charge in [-0.15, -0.1) is 0 Å². The van der Waals surface area contributed by atoms with Crippen LogP contribution in [0.25, 0.3) is 0 Å². The van der Waals surface area contributed by atoms with E-state index in [1.807, 2.05) is 0 Å². The molecule has 2 heterocycles. The molecular formula is C15H27NO4. The largest absolute Gasteiger partial charge is 0.481 e. The van der Waals surface area contributed by atoms with Gasteiger partial charge in [0.2, 0.25) is 0 Å². The van der Waals surface area contributed by atoms with E-state index in [1.165, 1.54) is 0 Å². The zero-order valence-corrected chi connectivity index (χ0v) is 12.8. The van der Waals surface area contributed by atoms with Gasteiger partial charge in [-0.1, -0.05) is 6.92 Å². The van der Waals surface area contributed by atoms with Gasteiger partial charge in [0, 0.05) is 12.6 Å². The molecular weight excluding hydrogens is 258 g/mol. The molecule has 0 aliphatic carbocycles. The molecule has 5 heteroatoms. The van der Waals surface area contributed by atoms with Crippen molar-refractivity contribution >= 4 is 5.97 Å². The third-order valence-electron chi connectivity index (χ3n) is 4.34. The van der Waals surface area contributed by atoms with Crippen molar-refractivity contribution < 1.29 is 19.4 Å². The Hall–Kier alpha value is -0.650. The van der Waals surface area contributed by atoms with E-state index in [1.54, 1.807) is 0 Å². The maximum absolute atomic E-state index is 11.3. The van der Waals surface area contributed by atoms with Crippen LogP contribution in [0, 0.1) is 5.92 Å². The number of hydrogen-bond acceptors (Lipinski definition) is 4. The highest BCUT2D eigenvalue weighted by Gasteiger charge is 2.40. The summed E-state index contributed by atoms with van der Waals surface area (Å²) in [5, 5.41) is 9.31. The number of hydrogen-bond donors (Lipinski definition) is 1. The minimum Gasteiger partial charge on any atom is -0.481 e. The zero-order valence-electron chi connectivity index (χ0n) is 12.8. The molecule has 20 heavy (non-hydrogen) atoms. The summed E-state index contributed by atoms with van der Waals surface area (Å²) in [7, 11) is 0. The lowest BCUT2D eigenvalue weighted by Gasteiger charge is -2.32. The van der Waals surface area contributed by atoms with Crippen molar-refractivity contribution in [2.24, 2.45) is 5.92 Å². The SMILES string of the molecule is CCCN(CC1CCC(C)(C)O1)C1COCC1C(=O)O. The van der Waals surface area contributed by atoms with Crippen LogP contribution in [0.1, 0.15) is 40.0 Å². The highest BCUT2D eigenvalue weighted by molar-refractivity contribution is 5.71. The molecule has 0 aromatic heterocycles. The van der Waals surface area contributed by atoms with E-state index in [9.17, 15) is 9.90 Å². The first kappa shape index (κ1) is 15.7. The minimum absolute atomic E-state index is 0.0141. The van der Waals surface area contributed by atoms with Crippen LogP contribution in [0.2, 0.25) is 0 Å². The molecule has 2 saturated heterocycles. The molecule has 0 radical (unpaired) electrons. The van der Waals surface area contributed by atoms with Gasteiger partial charge in [0.05, 0.1) is 30.8 Å². The standard InChI is InChI=1S/C15H27NO4/c1-4-7-16(8-11-5-6-15(2,3)20-11)13-10-19-9-12(13)14(17)18/h11-13H,4-10H2,1-3H3,(H,17,18). The predicted molar refractivity (Wildman–Crippen MR) is 75.8 cm³/mol. The Labute approximate surface area is 121 Å². The molecule has 0 aromatic rings. The second-order valence-corrected chi connectivity index (χ2v) is 6.58. The van der Waals surface area contributed by atoms with Gasteiger partial charge in [-0.3, -0.25) is 9.69 Å². The summed E-state index contributed by atoms with van der Waals surface area (Å²) in [6, 6.07) is -0.0141. The summed E-state index contributed by atoms with van der Waals surface area (Å²) in [4.78, 5) is 13.6. The Kier molecular flexibility index (Phi) is 5.04. The molecule has 0 aromatic carbocycles. The third-order valence-corrected chi connectivity index (χ3v) is 4.34. The van der Waals surface area contributed by atoms with Crippen LogP contribution >= 0.6 is 0 Å². The Bertz CT molecular complexity index is 345. The smallest absolute Gasteiger partial charge is 0.310 e. The van der Waals surface area contributed by atoms with Gasteiger partial charge in [-0.2, -0.15) is 0 Å². The van der Waals surface area contributed by atoms with Crippen molar-refractivity contribution in [1.29, 1.82) is 0 Å². The van der Waals surface area contributed by atoms with Crippen molar-refractivity contribution in [3.8, 4) is 0 Å². The van der Waals surface area contributed by atoms with Gasteiger partial charge in [-0.05, 0) is 39.7 Å². The fourth-order valence-corrected chi connectivity index (χ4v) is 3.29. The van der Waals surface area contributed by atoms with Gasteiger partial charge in [0.25, 0.3) is 0 Å². The van der Waals surface area contributed by atoms with E-state index in [4.69, 9.17) is 9.47 Å². The van der Waals surface area contributed by atoms with E-state index < -0.39 is 11.9 Å². The normalized spacial score (nSPS) is 32.9. The Morgan fingerprint density at radius 1 is 1.40 bits per heavy atom. The first-order chi connectivity index (χ1) is 9.43. The van der Waals surface area contributed by atoms with Crippen molar-refractivity contribution in [1.82, 2.24) is 4.90 Å². The average molecular weight is 285 g/mol. The van der Waals surface area contributed by atoms with E-state index in [0.717, 1.165) is 32.4 Å². The number of ether oxygens (including phenoxy) is 2. The van der Waals surface area contributed by atoms with Gasteiger partial charge >= 0.3 is 5.97 Å². The van der Waals surface area contributed by atoms with E-state index in [-0.39, 0.29) is 17.7 Å². The van der Waals surface area contributed by atoms with Gasteiger partial charge in [0.15, 0.2) is 0 Å². The average Bonchev–Trinajstić information content (AvgIpc) is 2.95. The lowest BCUT2D eigenvalue weighted by molar-refractivity contribution is -0.143. The van der Waals surface area contributed by atoms with Crippen LogP contribution in [-0.2, 0) is 14.3 Å². The Balaban J connectivity index is 1.98. The summed E-state index contributed by atoms with van der Waals surface area (Å²) in [5.74, 6) is -1.16. The van der Waals surface area contributed by atoms with Crippen LogP contribution in [-0.4, -0.2) is 60.0 Å². The van der Waals surface area contributed by atoms with Crippen LogP contribution in [0.15, 0.2) is 0 Å². The van der Waals surface area contributed by atoms with Gasteiger partial charge in [0.1, 0.15) is 0 Å². The van der Waals surface area contributed by atoms with Gasteiger partial charge in [-0.25, -0.2) is 0 Å². The van der Waals surface area contributed by atoms with Crippen LogP contribution in [0.3, 0.4) is 0 Å². The lowest BCUT2D eigenvalue weighted by Crippen LogP contribution is -2.47. The molecule has 3 unspecified atom stereocenters. The predicted octanol–water partition coefficient (Wildman–Crippen LogP) is 1.76. The summed E-state index contributed by atoms with van der Waals surface area (Å²) < 4.78 is 11.5. The Morgan fingerprint density at radius 2 is 2.15 bits per heavy atom. The number of carbonyl (C=O) groups is 1. The molecule has 2 aliphatic rings. The molecule has 0 amide bonds. The number of nitrogens with zero attached hydrogens (tertiary/aromatic N) is 1. The number of carboxylic acid groups (broad SMARTS) is 1. The first-order valence-corrected chi connectivity index (χ1v) is 7.65. The molecule has 0 saturated carbocycles. The highest BCUT2D eigenvalue weighted by atomic mass is 16.5. The quantitative estimate of drug-likeness (QED) is 0.806. The second kappa shape index (κ2) is 6.41. The Morgan fingerprint density at radius 3 is 2.70 bits per heavy atom. The second-order valence-electron chi connectivity index (χ2n) is 6.58. The summed E-state index contributed by atoms with van der Waals surface area (Å²) in [5.41, 5.74) is -0.0407. The maximum Gasteiger partial charge on any atom is 0.310 e. The third kappa shape index (κ3) is 3.71. The molecule has 3 atom stereocenters. The maximum atomic E-state index is 11.3. The molecule has 5 nitrogen and oxygen atoms in total. The zero-order chi connectivity index (χ0) is 14.8. The highest BCUT2D eigenvalue weighted by Crippen LogP contribution is 2.31. The van der Waals surface area contributed by atoms with E-state index >= 15 is 0 Å². The van der Waals surface area contributed by atoms with Crippen LogP contribution in [0.4, 0.5) is 0 Å². The van der Waals surface area contributed by atoms with Crippen molar-refractivity contribution in [3.63, 3.8) is 0 Å². The summed E-state index contributed by atoms with van der Waals surface area (Å²) >= 11 is 0. The van der Waals surface area contributed by atoms with Crippen molar-refractivity contribution in [2.75, 3.05) is 26.3 Å². The molecule has 2 aliphatic heterocycles. The molecule has 2 rings (SSSR count). The number of aliphatic carboxylic acids is 1.